The average molecular weight is 359 g/mol. The van der Waals surface area contributed by atoms with Gasteiger partial charge in [0.15, 0.2) is 0 Å². The molecule has 0 bridgehead atoms. The number of rotatable bonds is 3. The van der Waals surface area contributed by atoms with Crippen molar-refractivity contribution >= 4 is 17.5 Å². The average Bonchev–Trinajstić information content (AvgIpc) is 3.09. The van der Waals surface area contributed by atoms with E-state index in [1.54, 1.807) is 4.90 Å². The number of hydrogen-bond acceptors (Lipinski definition) is 5. The summed E-state index contributed by atoms with van der Waals surface area (Å²) in [4.78, 5) is 29.0. The summed E-state index contributed by atoms with van der Waals surface area (Å²) >= 11 is 0. The third kappa shape index (κ3) is 2.95. The van der Waals surface area contributed by atoms with Crippen molar-refractivity contribution in [2.24, 2.45) is 17.1 Å². The van der Waals surface area contributed by atoms with Gasteiger partial charge in [-0.15, -0.1) is 0 Å². The first kappa shape index (κ1) is 17.3. The molecule has 3 saturated heterocycles. The Hall–Kier alpha value is -2.12. The summed E-state index contributed by atoms with van der Waals surface area (Å²) in [6.45, 7) is 5.11. The zero-order valence-corrected chi connectivity index (χ0v) is 14.9. The van der Waals surface area contributed by atoms with Crippen LogP contribution in [0, 0.1) is 11.3 Å². The summed E-state index contributed by atoms with van der Waals surface area (Å²) in [6, 6.07) is 7.69. The van der Waals surface area contributed by atoms with Gasteiger partial charge < -0.3 is 25.0 Å². The molecule has 140 valence electrons. The number of ether oxygens (including phenoxy) is 2. The number of benzene rings is 1. The van der Waals surface area contributed by atoms with Gasteiger partial charge in [0.25, 0.3) is 5.91 Å². The highest BCUT2D eigenvalue weighted by Crippen LogP contribution is 2.42. The van der Waals surface area contributed by atoms with E-state index in [0.717, 1.165) is 32.0 Å². The van der Waals surface area contributed by atoms with Crippen LogP contribution in [0.25, 0.3) is 0 Å². The molecule has 4 rings (SSSR count). The normalized spacial score (nSPS) is 28.7. The van der Waals surface area contributed by atoms with Crippen LogP contribution in [0.1, 0.15) is 16.8 Å². The van der Waals surface area contributed by atoms with Gasteiger partial charge in [0, 0.05) is 50.0 Å². The van der Waals surface area contributed by atoms with E-state index in [1.165, 1.54) is 0 Å². The smallest absolute Gasteiger partial charge is 0.253 e. The lowest BCUT2D eigenvalue weighted by Crippen LogP contribution is -2.48. The minimum Gasteiger partial charge on any atom is -0.381 e. The molecule has 0 radical (unpaired) electrons. The molecule has 3 aliphatic rings. The molecule has 3 aliphatic heterocycles. The fourth-order valence-electron chi connectivity index (χ4n) is 4.33. The Morgan fingerprint density at radius 2 is 1.81 bits per heavy atom. The lowest BCUT2D eigenvalue weighted by molar-refractivity contribution is -0.135. The van der Waals surface area contributed by atoms with Gasteiger partial charge in [0.05, 0.1) is 25.2 Å². The van der Waals surface area contributed by atoms with Crippen LogP contribution in [0.5, 0.6) is 0 Å². The van der Waals surface area contributed by atoms with Gasteiger partial charge in [-0.2, -0.15) is 0 Å². The van der Waals surface area contributed by atoms with Crippen LogP contribution in [0.2, 0.25) is 0 Å². The van der Waals surface area contributed by atoms with Gasteiger partial charge >= 0.3 is 0 Å². The van der Waals surface area contributed by atoms with Gasteiger partial charge in [0.1, 0.15) is 0 Å². The molecule has 7 nitrogen and oxygen atoms in total. The number of nitrogens with zero attached hydrogens (tertiary/aromatic N) is 2. The van der Waals surface area contributed by atoms with Gasteiger partial charge in [-0.1, -0.05) is 0 Å². The first-order valence-electron chi connectivity index (χ1n) is 9.20. The summed E-state index contributed by atoms with van der Waals surface area (Å²) in [6.07, 6.45) is 0.590. The molecule has 3 heterocycles. The van der Waals surface area contributed by atoms with Crippen LogP contribution in [0.3, 0.4) is 0 Å². The second-order valence-electron chi connectivity index (χ2n) is 7.37. The molecule has 2 atom stereocenters. The van der Waals surface area contributed by atoms with E-state index in [1.807, 2.05) is 24.3 Å². The lowest BCUT2D eigenvalue weighted by atomic mass is 9.74. The molecule has 2 amide bonds. The van der Waals surface area contributed by atoms with Crippen molar-refractivity contribution in [3.63, 3.8) is 0 Å². The largest absolute Gasteiger partial charge is 0.381 e. The Morgan fingerprint density at radius 3 is 2.46 bits per heavy atom. The number of carbonyl (C=O) groups excluding carboxylic acids is 2. The maximum atomic E-state index is 12.9. The molecule has 0 spiro atoms. The minimum absolute atomic E-state index is 0.00896. The van der Waals surface area contributed by atoms with Gasteiger partial charge in [-0.05, 0) is 30.7 Å². The number of amides is 2. The predicted octanol–water partition coefficient (Wildman–Crippen LogP) is 0.487. The highest BCUT2D eigenvalue weighted by molar-refractivity contribution is 5.95. The SMILES string of the molecule is NC(=O)[C@]12CCOC[C@H]1CN(C(=O)c1ccc(N3CCOCC3)cc1)C2. The Balaban J connectivity index is 1.48. The molecule has 2 N–H and O–H groups in total. The van der Waals surface area contributed by atoms with Crippen LogP contribution in [0.15, 0.2) is 24.3 Å². The van der Waals surface area contributed by atoms with Crippen molar-refractivity contribution < 1.29 is 19.1 Å². The monoisotopic (exact) mass is 359 g/mol. The molecule has 0 aliphatic carbocycles. The number of hydrogen-bond donors (Lipinski definition) is 1. The number of carbonyl (C=O) groups is 2. The van der Waals surface area contributed by atoms with Crippen LogP contribution < -0.4 is 10.6 Å². The quantitative estimate of drug-likeness (QED) is 0.849. The Morgan fingerprint density at radius 1 is 1.08 bits per heavy atom. The third-order valence-electron chi connectivity index (χ3n) is 5.98. The second kappa shape index (κ2) is 6.89. The van der Waals surface area contributed by atoms with Crippen LogP contribution in [0.4, 0.5) is 5.69 Å². The van der Waals surface area contributed by atoms with E-state index in [2.05, 4.69) is 4.90 Å². The lowest BCUT2D eigenvalue weighted by Gasteiger charge is -2.34. The number of primary amides is 1. The molecular formula is C19H25N3O4. The molecule has 0 saturated carbocycles. The highest BCUT2D eigenvalue weighted by Gasteiger charge is 2.53. The first-order chi connectivity index (χ1) is 12.6. The molecule has 0 unspecified atom stereocenters. The van der Waals surface area contributed by atoms with Crippen molar-refractivity contribution in [3.8, 4) is 0 Å². The van der Waals surface area contributed by atoms with Crippen LogP contribution in [-0.4, -0.2) is 69.3 Å². The zero-order valence-electron chi connectivity index (χ0n) is 14.9. The second-order valence-corrected chi connectivity index (χ2v) is 7.37. The minimum atomic E-state index is -0.637. The molecule has 7 heteroatoms. The summed E-state index contributed by atoms with van der Waals surface area (Å²) < 4.78 is 10.9. The fraction of sp³-hybridized carbons (Fsp3) is 0.579. The zero-order chi connectivity index (χ0) is 18.1. The molecular weight excluding hydrogens is 334 g/mol. The van der Waals surface area contributed by atoms with E-state index >= 15 is 0 Å². The Bertz CT molecular complexity index is 687. The molecule has 0 aromatic heterocycles. The molecule has 3 fully saturated rings. The van der Waals surface area contributed by atoms with Gasteiger partial charge in [-0.3, -0.25) is 9.59 Å². The maximum Gasteiger partial charge on any atom is 0.253 e. The number of morpholine rings is 1. The topological polar surface area (TPSA) is 85.1 Å². The number of fused-ring (bicyclic) bond motifs is 1. The summed E-state index contributed by atoms with van der Waals surface area (Å²) in [5.41, 5.74) is 6.80. The standard InChI is InChI=1S/C19H25N3O4/c20-18(24)19-5-8-26-12-15(19)11-22(13-19)17(23)14-1-3-16(4-2-14)21-6-9-25-10-7-21/h1-4,15H,5-13H2,(H2,20,24)/t15-,19+/m1/s1. The van der Waals surface area contributed by atoms with E-state index in [-0.39, 0.29) is 17.7 Å². The van der Waals surface area contributed by atoms with Crippen molar-refractivity contribution in [1.82, 2.24) is 4.90 Å². The van der Waals surface area contributed by atoms with E-state index in [9.17, 15) is 9.59 Å². The fourth-order valence-corrected chi connectivity index (χ4v) is 4.33. The van der Waals surface area contributed by atoms with Gasteiger partial charge in [0.2, 0.25) is 5.91 Å². The number of anilines is 1. The highest BCUT2D eigenvalue weighted by atomic mass is 16.5. The van der Waals surface area contributed by atoms with Gasteiger partial charge in [-0.25, -0.2) is 0 Å². The Labute approximate surface area is 153 Å². The first-order valence-corrected chi connectivity index (χ1v) is 9.20. The van der Waals surface area contributed by atoms with E-state index in [4.69, 9.17) is 15.2 Å². The maximum absolute atomic E-state index is 12.9. The molecule has 1 aromatic rings. The van der Waals surface area contributed by atoms with E-state index in [0.29, 0.717) is 38.3 Å². The van der Waals surface area contributed by atoms with Crippen molar-refractivity contribution in [3.05, 3.63) is 29.8 Å². The predicted molar refractivity (Wildman–Crippen MR) is 95.9 cm³/mol. The van der Waals surface area contributed by atoms with E-state index < -0.39 is 5.41 Å². The summed E-state index contributed by atoms with van der Waals surface area (Å²) in [7, 11) is 0. The van der Waals surface area contributed by atoms with Crippen molar-refractivity contribution in [1.29, 1.82) is 0 Å². The number of nitrogens with two attached hydrogens (primary N) is 1. The number of likely N-dealkylation sites (tertiary alicyclic amines) is 1. The molecule has 1 aromatic carbocycles. The summed E-state index contributed by atoms with van der Waals surface area (Å²) in [5.74, 6) is -0.373. The van der Waals surface area contributed by atoms with Crippen LogP contribution in [-0.2, 0) is 14.3 Å². The van der Waals surface area contributed by atoms with Crippen LogP contribution >= 0.6 is 0 Å². The third-order valence-corrected chi connectivity index (χ3v) is 5.98. The Kier molecular flexibility index (Phi) is 4.58. The molecule has 26 heavy (non-hydrogen) atoms. The van der Waals surface area contributed by atoms with Crippen molar-refractivity contribution in [2.75, 3.05) is 57.5 Å². The van der Waals surface area contributed by atoms with Crippen molar-refractivity contribution in [2.45, 2.75) is 6.42 Å². The summed E-state index contributed by atoms with van der Waals surface area (Å²) in [5, 5.41) is 0.